The summed E-state index contributed by atoms with van der Waals surface area (Å²) in [5.74, 6) is -1.17. The van der Waals surface area contributed by atoms with Gasteiger partial charge < -0.3 is 15.3 Å². The summed E-state index contributed by atoms with van der Waals surface area (Å²) < 4.78 is 0. The van der Waals surface area contributed by atoms with Crippen LogP contribution in [0.5, 0.6) is 0 Å². The maximum atomic E-state index is 12.6. The van der Waals surface area contributed by atoms with Crippen LogP contribution in [0, 0.1) is 5.92 Å². The number of halogens is 1. The maximum Gasteiger partial charge on any atom is 0.306 e. The number of hydrogen-bond acceptors (Lipinski definition) is 4. The van der Waals surface area contributed by atoms with Crippen LogP contribution < -0.4 is 5.32 Å². The summed E-state index contributed by atoms with van der Waals surface area (Å²) in [6.07, 6.45) is 0.945. The molecule has 0 atom stereocenters. The van der Waals surface area contributed by atoms with Crippen LogP contribution in [0.4, 0.5) is 5.69 Å². The van der Waals surface area contributed by atoms with Crippen LogP contribution in [0.3, 0.4) is 0 Å². The van der Waals surface area contributed by atoms with Crippen molar-refractivity contribution in [1.82, 2.24) is 4.90 Å². The van der Waals surface area contributed by atoms with Crippen molar-refractivity contribution < 1.29 is 19.5 Å². The lowest BCUT2D eigenvalue weighted by molar-refractivity contribution is -0.143. The van der Waals surface area contributed by atoms with E-state index in [1.165, 1.54) is 11.8 Å². The number of amides is 2. The normalized spacial score (nSPS) is 14.4. The van der Waals surface area contributed by atoms with Gasteiger partial charge in [-0.25, -0.2) is 0 Å². The van der Waals surface area contributed by atoms with Gasteiger partial charge in [0.05, 0.1) is 11.7 Å². The third-order valence-corrected chi connectivity index (χ3v) is 5.99. The van der Waals surface area contributed by atoms with Crippen LogP contribution in [0.1, 0.15) is 23.2 Å². The van der Waals surface area contributed by atoms with Crippen molar-refractivity contribution in [2.75, 3.05) is 24.2 Å². The van der Waals surface area contributed by atoms with E-state index in [1.807, 2.05) is 12.1 Å². The van der Waals surface area contributed by atoms with Crippen molar-refractivity contribution in [3.8, 4) is 0 Å². The number of carboxylic acid groups (broad SMARTS) is 1. The lowest BCUT2D eigenvalue weighted by Crippen LogP contribution is -2.40. The SMILES string of the molecule is O=C(CSc1ccc(Cl)cc1)Nc1ccc(C(=O)N2CCC(C(=O)O)CC2)cc1. The Morgan fingerprint density at radius 2 is 1.66 bits per heavy atom. The summed E-state index contributed by atoms with van der Waals surface area (Å²) in [5.41, 5.74) is 1.14. The van der Waals surface area contributed by atoms with Gasteiger partial charge >= 0.3 is 5.97 Å². The number of likely N-dealkylation sites (tertiary alicyclic amines) is 1. The Bertz CT molecular complexity index is 879. The topological polar surface area (TPSA) is 86.7 Å². The molecule has 0 radical (unpaired) electrons. The van der Waals surface area contributed by atoms with Gasteiger partial charge in [-0.1, -0.05) is 11.6 Å². The molecule has 0 aromatic heterocycles. The fourth-order valence-electron chi connectivity index (χ4n) is 3.09. The van der Waals surface area contributed by atoms with Crippen molar-refractivity contribution in [1.29, 1.82) is 0 Å². The number of rotatable bonds is 6. The second-order valence-corrected chi connectivity index (χ2v) is 8.26. The number of benzene rings is 2. The Kier molecular flexibility index (Phi) is 7.17. The number of nitrogens with zero attached hydrogens (tertiary/aromatic N) is 1. The quantitative estimate of drug-likeness (QED) is 0.673. The summed E-state index contributed by atoms with van der Waals surface area (Å²) in [7, 11) is 0. The number of carbonyl (C=O) groups is 3. The Labute approximate surface area is 178 Å². The number of piperidine rings is 1. The zero-order valence-corrected chi connectivity index (χ0v) is 17.2. The largest absolute Gasteiger partial charge is 0.481 e. The van der Waals surface area contributed by atoms with Gasteiger partial charge in [-0.2, -0.15) is 0 Å². The molecule has 152 valence electrons. The maximum absolute atomic E-state index is 12.6. The highest BCUT2D eigenvalue weighted by atomic mass is 35.5. The van der Waals surface area contributed by atoms with Crippen LogP contribution in [0.25, 0.3) is 0 Å². The molecule has 1 heterocycles. The number of carbonyl (C=O) groups excluding carboxylic acids is 2. The van der Waals surface area contributed by atoms with Crippen molar-refractivity contribution in [2.45, 2.75) is 17.7 Å². The Hall–Kier alpha value is -2.51. The first kappa shape index (κ1) is 21.2. The highest BCUT2D eigenvalue weighted by Crippen LogP contribution is 2.22. The minimum absolute atomic E-state index is 0.120. The van der Waals surface area contributed by atoms with Crippen LogP contribution >= 0.6 is 23.4 Å². The number of anilines is 1. The average molecular weight is 433 g/mol. The first-order chi connectivity index (χ1) is 13.9. The second-order valence-electron chi connectivity index (χ2n) is 6.77. The monoisotopic (exact) mass is 432 g/mol. The highest BCUT2D eigenvalue weighted by Gasteiger charge is 2.27. The van der Waals surface area contributed by atoms with Gasteiger partial charge in [0.2, 0.25) is 5.91 Å². The van der Waals surface area contributed by atoms with Crippen LogP contribution in [0.2, 0.25) is 5.02 Å². The predicted molar refractivity (Wildman–Crippen MR) is 114 cm³/mol. The molecule has 0 unspecified atom stereocenters. The van der Waals surface area contributed by atoms with Gasteiger partial charge in [0.1, 0.15) is 0 Å². The molecular weight excluding hydrogens is 412 g/mol. The first-order valence-corrected chi connectivity index (χ1v) is 10.6. The summed E-state index contributed by atoms with van der Waals surface area (Å²) in [6, 6.07) is 14.0. The molecule has 2 N–H and O–H groups in total. The molecular formula is C21H21ClN2O4S. The summed E-state index contributed by atoms with van der Waals surface area (Å²) in [4.78, 5) is 38.3. The van der Waals surface area contributed by atoms with Crippen molar-refractivity contribution >= 4 is 46.8 Å². The van der Waals surface area contributed by atoms with Crippen molar-refractivity contribution in [3.05, 3.63) is 59.1 Å². The van der Waals surface area contributed by atoms with E-state index in [1.54, 1.807) is 41.3 Å². The van der Waals surface area contributed by atoms with E-state index in [0.717, 1.165) is 4.90 Å². The Morgan fingerprint density at radius 3 is 2.24 bits per heavy atom. The van der Waals surface area contributed by atoms with E-state index in [2.05, 4.69) is 5.32 Å². The third kappa shape index (κ3) is 5.98. The average Bonchev–Trinajstić information content (AvgIpc) is 2.73. The molecule has 1 aliphatic heterocycles. The fourth-order valence-corrected chi connectivity index (χ4v) is 3.91. The van der Waals surface area contributed by atoms with Gasteiger partial charge in [0, 0.05) is 34.3 Å². The minimum Gasteiger partial charge on any atom is -0.481 e. The number of thioether (sulfide) groups is 1. The van der Waals surface area contributed by atoms with Gasteiger partial charge in [0.25, 0.3) is 5.91 Å². The van der Waals surface area contributed by atoms with Gasteiger partial charge in [-0.3, -0.25) is 14.4 Å². The number of carboxylic acids is 1. The molecule has 2 aromatic carbocycles. The Morgan fingerprint density at radius 1 is 1.03 bits per heavy atom. The molecule has 1 fully saturated rings. The predicted octanol–water partition coefficient (Wildman–Crippen LogP) is 4.01. The summed E-state index contributed by atoms with van der Waals surface area (Å²) in [5, 5.41) is 12.5. The molecule has 0 saturated carbocycles. The van der Waals surface area contributed by atoms with Gasteiger partial charge in [-0.05, 0) is 61.4 Å². The zero-order valence-electron chi connectivity index (χ0n) is 15.6. The lowest BCUT2D eigenvalue weighted by Gasteiger charge is -2.30. The van der Waals surface area contributed by atoms with Crippen molar-refractivity contribution in [3.63, 3.8) is 0 Å². The number of aliphatic carboxylic acids is 1. The first-order valence-electron chi connectivity index (χ1n) is 9.23. The molecule has 0 bridgehead atoms. The van der Waals surface area contributed by atoms with Gasteiger partial charge in [0.15, 0.2) is 0 Å². The van der Waals surface area contributed by atoms with E-state index in [0.29, 0.717) is 42.2 Å². The van der Waals surface area contributed by atoms with Crippen LogP contribution in [-0.4, -0.2) is 46.6 Å². The molecule has 1 aliphatic rings. The smallest absolute Gasteiger partial charge is 0.306 e. The lowest BCUT2D eigenvalue weighted by atomic mass is 9.96. The van der Waals surface area contributed by atoms with Crippen molar-refractivity contribution in [2.24, 2.45) is 5.92 Å². The molecule has 2 amide bonds. The Balaban J connectivity index is 1.49. The van der Waals surface area contributed by atoms with E-state index < -0.39 is 5.97 Å². The molecule has 29 heavy (non-hydrogen) atoms. The minimum atomic E-state index is -0.800. The molecule has 8 heteroatoms. The molecule has 0 spiro atoms. The molecule has 1 saturated heterocycles. The molecule has 6 nitrogen and oxygen atoms in total. The highest BCUT2D eigenvalue weighted by molar-refractivity contribution is 8.00. The van der Waals surface area contributed by atoms with Crippen LogP contribution in [0.15, 0.2) is 53.4 Å². The second kappa shape index (κ2) is 9.80. The zero-order chi connectivity index (χ0) is 20.8. The summed E-state index contributed by atoms with van der Waals surface area (Å²) in [6.45, 7) is 0.881. The van der Waals surface area contributed by atoms with Crippen LogP contribution in [-0.2, 0) is 9.59 Å². The number of nitrogens with one attached hydrogen (secondary N) is 1. The van der Waals surface area contributed by atoms with E-state index >= 15 is 0 Å². The number of hydrogen-bond donors (Lipinski definition) is 2. The molecule has 2 aromatic rings. The van der Waals surface area contributed by atoms with E-state index in [4.69, 9.17) is 16.7 Å². The fraction of sp³-hybridized carbons (Fsp3) is 0.286. The van der Waals surface area contributed by atoms with E-state index in [9.17, 15) is 14.4 Å². The van der Waals surface area contributed by atoms with E-state index in [-0.39, 0.29) is 23.5 Å². The molecule has 3 rings (SSSR count). The van der Waals surface area contributed by atoms with Gasteiger partial charge in [-0.15, -0.1) is 11.8 Å². The molecule has 0 aliphatic carbocycles. The standard InChI is InChI=1S/C21H21ClN2O4S/c22-16-3-7-18(8-4-16)29-13-19(25)23-17-5-1-14(2-6-17)20(26)24-11-9-15(10-12-24)21(27)28/h1-8,15H,9-13H2,(H,23,25)(H,27,28). The summed E-state index contributed by atoms with van der Waals surface area (Å²) >= 11 is 7.26. The third-order valence-electron chi connectivity index (χ3n) is 4.73.